The molecule has 0 bridgehead atoms. The molecular weight excluding hydrogens is 266 g/mol. The van der Waals surface area contributed by atoms with Gasteiger partial charge in [0.1, 0.15) is 6.54 Å². The first-order valence-corrected chi connectivity index (χ1v) is 7.74. The van der Waals surface area contributed by atoms with Crippen LogP contribution in [0.5, 0.6) is 0 Å². The molecule has 5 nitrogen and oxygen atoms in total. The summed E-state index contributed by atoms with van der Waals surface area (Å²) in [4.78, 5) is 12.7. The van der Waals surface area contributed by atoms with E-state index < -0.39 is 21.1 Å². The predicted molar refractivity (Wildman–Crippen MR) is 72.3 cm³/mol. The molecular formula is C13H17NO4S. The maximum atomic E-state index is 12.3. The van der Waals surface area contributed by atoms with Crippen LogP contribution in [0.4, 0.5) is 5.69 Å². The Morgan fingerprint density at radius 3 is 2.74 bits per heavy atom. The van der Waals surface area contributed by atoms with E-state index in [4.69, 9.17) is 5.11 Å². The molecule has 0 radical (unpaired) electrons. The minimum absolute atomic E-state index is 0.182. The molecule has 1 aliphatic heterocycles. The summed E-state index contributed by atoms with van der Waals surface area (Å²) in [6.07, 6.45) is 0.746. The molecule has 1 N–H and O–H groups in total. The number of rotatable bonds is 3. The molecule has 0 saturated heterocycles. The second-order valence-corrected chi connectivity index (χ2v) is 7.12. The van der Waals surface area contributed by atoms with Crippen LogP contribution in [0.3, 0.4) is 0 Å². The van der Waals surface area contributed by atoms with Crippen LogP contribution in [-0.4, -0.2) is 37.8 Å². The van der Waals surface area contributed by atoms with E-state index >= 15 is 0 Å². The second kappa shape index (κ2) is 4.85. The molecule has 6 heteroatoms. The standard InChI is InChI=1S/C13H17NO4S/c1-3-10-4-5-11-12(6-10)19(17,18)9(2)7-14(11)8-13(15)16/h4-6,9H,3,7-8H2,1-2H3,(H,15,16). The van der Waals surface area contributed by atoms with Crippen LogP contribution in [0, 0.1) is 0 Å². The van der Waals surface area contributed by atoms with E-state index in [0.29, 0.717) is 5.69 Å². The first-order chi connectivity index (χ1) is 8.86. The van der Waals surface area contributed by atoms with Gasteiger partial charge in [-0.25, -0.2) is 8.42 Å². The quantitative estimate of drug-likeness (QED) is 0.905. The van der Waals surface area contributed by atoms with Crippen molar-refractivity contribution < 1.29 is 18.3 Å². The second-order valence-electron chi connectivity index (χ2n) is 4.79. The van der Waals surface area contributed by atoms with Gasteiger partial charge in [-0.2, -0.15) is 0 Å². The fraction of sp³-hybridized carbons (Fsp3) is 0.462. The van der Waals surface area contributed by atoms with Crippen molar-refractivity contribution in [1.29, 1.82) is 0 Å². The maximum absolute atomic E-state index is 12.3. The molecule has 0 amide bonds. The summed E-state index contributed by atoms with van der Waals surface area (Å²) < 4.78 is 24.7. The van der Waals surface area contributed by atoms with E-state index in [2.05, 4.69) is 0 Å². The van der Waals surface area contributed by atoms with Crippen LogP contribution >= 0.6 is 0 Å². The largest absolute Gasteiger partial charge is 0.480 e. The zero-order chi connectivity index (χ0) is 14.2. The summed E-state index contributed by atoms with van der Waals surface area (Å²) in [6, 6.07) is 5.22. The minimum atomic E-state index is -3.36. The zero-order valence-corrected chi connectivity index (χ0v) is 11.8. The number of aliphatic carboxylic acids is 1. The van der Waals surface area contributed by atoms with Crippen LogP contribution in [0.25, 0.3) is 0 Å². The highest BCUT2D eigenvalue weighted by Crippen LogP contribution is 2.34. The Balaban J connectivity index is 2.57. The molecule has 1 aromatic rings. The number of sulfone groups is 1. The van der Waals surface area contributed by atoms with Crippen molar-refractivity contribution in [1.82, 2.24) is 0 Å². The van der Waals surface area contributed by atoms with E-state index in [0.717, 1.165) is 12.0 Å². The Kier molecular flexibility index (Phi) is 3.54. The molecule has 0 aromatic heterocycles. The first kappa shape index (κ1) is 13.9. The normalized spacial score (nSPS) is 20.9. The van der Waals surface area contributed by atoms with Crippen LogP contribution in [-0.2, 0) is 21.1 Å². The summed E-state index contributed by atoms with van der Waals surface area (Å²) in [5, 5.41) is 8.33. The number of hydrogen-bond acceptors (Lipinski definition) is 4. The van der Waals surface area contributed by atoms with Gasteiger partial charge in [0.2, 0.25) is 0 Å². The van der Waals surface area contributed by atoms with E-state index in [1.54, 1.807) is 24.0 Å². The Morgan fingerprint density at radius 1 is 1.47 bits per heavy atom. The Morgan fingerprint density at radius 2 is 2.16 bits per heavy atom. The lowest BCUT2D eigenvalue weighted by Crippen LogP contribution is -2.43. The predicted octanol–water partition coefficient (Wildman–Crippen LogP) is 1.32. The number of aryl methyl sites for hydroxylation is 1. The summed E-state index contributed by atoms with van der Waals surface area (Å²) in [5.41, 5.74) is 1.43. The number of hydrogen-bond donors (Lipinski definition) is 1. The Bertz CT molecular complexity index is 609. The summed E-state index contributed by atoms with van der Waals surface area (Å²) in [5.74, 6) is -0.961. The van der Waals surface area contributed by atoms with Crippen molar-refractivity contribution in [2.45, 2.75) is 30.4 Å². The van der Waals surface area contributed by atoms with Gasteiger partial charge in [-0.05, 0) is 31.0 Å². The van der Waals surface area contributed by atoms with Crippen molar-refractivity contribution in [3.63, 3.8) is 0 Å². The highest BCUT2D eigenvalue weighted by Gasteiger charge is 2.35. The molecule has 0 spiro atoms. The monoisotopic (exact) mass is 283 g/mol. The first-order valence-electron chi connectivity index (χ1n) is 6.19. The van der Waals surface area contributed by atoms with Crippen molar-refractivity contribution >= 4 is 21.5 Å². The lowest BCUT2D eigenvalue weighted by atomic mass is 10.1. The molecule has 0 fully saturated rings. The van der Waals surface area contributed by atoms with Gasteiger partial charge in [0.25, 0.3) is 0 Å². The molecule has 1 heterocycles. The van der Waals surface area contributed by atoms with Crippen molar-refractivity contribution in [2.24, 2.45) is 0 Å². The number of carbonyl (C=O) groups is 1. The summed E-state index contributed by atoms with van der Waals surface area (Å²) in [6.45, 7) is 3.60. The third-order valence-corrected chi connectivity index (χ3v) is 5.56. The van der Waals surface area contributed by atoms with Crippen molar-refractivity contribution in [3.8, 4) is 0 Å². The van der Waals surface area contributed by atoms with Gasteiger partial charge >= 0.3 is 5.97 Å². The molecule has 104 valence electrons. The van der Waals surface area contributed by atoms with E-state index in [9.17, 15) is 13.2 Å². The molecule has 1 aromatic carbocycles. The number of carboxylic acid groups (broad SMARTS) is 1. The molecule has 2 rings (SSSR count). The van der Waals surface area contributed by atoms with Gasteiger partial charge in [-0.1, -0.05) is 13.0 Å². The van der Waals surface area contributed by atoms with E-state index in [1.165, 1.54) is 0 Å². The van der Waals surface area contributed by atoms with E-state index in [-0.39, 0.29) is 18.0 Å². The van der Waals surface area contributed by atoms with Gasteiger partial charge in [-0.3, -0.25) is 4.79 Å². The molecule has 0 aliphatic carbocycles. The lowest BCUT2D eigenvalue weighted by molar-refractivity contribution is -0.135. The molecule has 0 saturated carbocycles. The smallest absolute Gasteiger partial charge is 0.323 e. The van der Waals surface area contributed by atoms with Gasteiger partial charge in [-0.15, -0.1) is 0 Å². The molecule has 1 aliphatic rings. The lowest BCUT2D eigenvalue weighted by Gasteiger charge is -2.33. The van der Waals surface area contributed by atoms with Gasteiger partial charge in [0.15, 0.2) is 9.84 Å². The number of nitrogens with zero attached hydrogens (tertiary/aromatic N) is 1. The number of carboxylic acids is 1. The van der Waals surface area contributed by atoms with Crippen molar-refractivity contribution in [3.05, 3.63) is 23.8 Å². The average molecular weight is 283 g/mol. The highest BCUT2D eigenvalue weighted by atomic mass is 32.2. The van der Waals surface area contributed by atoms with Crippen LogP contribution in [0.2, 0.25) is 0 Å². The summed E-state index contributed by atoms with van der Waals surface area (Å²) >= 11 is 0. The van der Waals surface area contributed by atoms with Gasteiger partial charge in [0, 0.05) is 6.54 Å². The van der Waals surface area contributed by atoms with Crippen molar-refractivity contribution in [2.75, 3.05) is 18.0 Å². The van der Waals surface area contributed by atoms with Gasteiger partial charge in [0.05, 0.1) is 15.8 Å². The topological polar surface area (TPSA) is 74.7 Å². The average Bonchev–Trinajstić information content (AvgIpc) is 2.35. The van der Waals surface area contributed by atoms with Gasteiger partial charge < -0.3 is 10.0 Å². The fourth-order valence-electron chi connectivity index (χ4n) is 2.30. The van der Waals surface area contributed by atoms with Crippen LogP contribution in [0.15, 0.2) is 23.1 Å². The molecule has 19 heavy (non-hydrogen) atoms. The van der Waals surface area contributed by atoms with E-state index in [1.807, 2.05) is 13.0 Å². The van der Waals surface area contributed by atoms with Crippen LogP contribution < -0.4 is 4.90 Å². The maximum Gasteiger partial charge on any atom is 0.323 e. The Hall–Kier alpha value is -1.56. The summed E-state index contributed by atoms with van der Waals surface area (Å²) in [7, 11) is -3.36. The Labute approximate surface area is 112 Å². The third kappa shape index (κ3) is 2.45. The fourth-order valence-corrected chi connectivity index (χ4v) is 3.92. The number of benzene rings is 1. The number of anilines is 1. The molecule has 1 atom stereocenters. The SMILES string of the molecule is CCc1ccc2c(c1)S(=O)(=O)C(C)CN2CC(=O)O. The third-order valence-electron chi connectivity index (χ3n) is 3.41. The minimum Gasteiger partial charge on any atom is -0.480 e. The van der Waals surface area contributed by atoms with Crippen LogP contribution in [0.1, 0.15) is 19.4 Å². The highest BCUT2D eigenvalue weighted by molar-refractivity contribution is 7.92. The number of fused-ring (bicyclic) bond motifs is 1. The molecule has 1 unspecified atom stereocenters. The zero-order valence-electron chi connectivity index (χ0n) is 11.0.